The Morgan fingerprint density at radius 2 is 1.95 bits per heavy atom. The molecule has 1 aliphatic carbocycles. The highest BCUT2D eigenvalue weighted by molar-refractivity contribution is 5.84. The third kappa shape index (κ3) is 3.50. The summed E-state index contributed by atoms with van der Waals surface area (Å²) in [5.74, 6) is -0.482. The van der Waals surface area contributed by atoms with Crippen LogP contribution < -0.4 is 0 Å². The van der Waals surface area contributed by atoms with E-state index in [0.717, 1.165) is 25.7 Å². The minimum atomic E-state index is -0.881. The standard InChI is InChI=1S/C16H28N2O3/c1-11(2)10-18(12-6-7-12)15(21)17-9-5-8-16(3,4)13(17)14(19)20/h11-13H,5-10H2,1-4H3,(H,19,20). The summed E-state index contributed by atoms with van der Waals surface area (Å²) in [5.41, 5.74) is -0.368. The molecule has 1 atom stereocenters. The van der Waals surface area contributed by atoms with Gasteiger partial charge in [0.05, 0.1) is 0 Å². The highest BCUT2D eigenvalue weighted by Crippen LogP contribution is 2.37. The van der Waals surface area contributed by atoms with Crippen molar-refractivity contribution >= 4 is 12.0 Å². The maximum atomic E-state index is 12.9. The van der Waals surface area contributed by atoms with E-state index in [1.54, 1.807) is 4.90 Å². The van der Waals surface area contributed by atoms with Crippen molar-refractivity contribution in [2.24, 2.45) is 11.3 Å². The monoisotopic (exact) mass is 296 g/mol. The molecule has 1 heterocycles. The van der Waals surface area contributed by atoms with Gasteiger partial charge in [-0.3, -0.25) is 0 Å². The average Bonchev–Trinajstić information content (AvgIpc) is 3.17. The van der Waals surface area contributed by atoms with Crippen LogP contribution in [0.15, 0.2) is 0 Å². The molecule has 1 saturated carbocycles. The van der Waals surface area contributed by atoms with Crippen LogP contribution in [-0.4, -0.2) is 52.1 Å². The molecule has 0 aromatic heterocycles. The number of hydrogen-bond acceptors (Lipinski definition) is 2. The number of carbonyl (C=O) groups is 2. The third-order valence-electron chi connectivity index (χ3n) is 4.55. The topological polar surface area (TPSA) is 60.9 Å². The molecular formula is C16H28N2O3. The van der Waals surface area contributed by atoms with E-state index in [0.29, 0.717) is 25.0 Å². The van der Waals surface area contributed by atoms with Crippen LogP contribution in [-0.2, 0) is 4.79 Å². The lowest BCUT2D eigenvalue weighted by molar-refractivity contribution is -0.148. The van der Waals surface area contributed by atoms with Crippen molar-refractivity contribution in [3.05, 3.63) is 0 Å². The van der Waals surface area contributed by atoms with Gasteiger partial charge >= 0.3 is 12.0 Å². The van der Waals surface area contributed by atoms with Crippen molar-refractivity contribution in [2.75, 3.05) is 13.1 Å². The van der Waals surface area contributed by atoms with E-state index in [4.69, 9.17) is 0 Å². The number of carbonyl (C=O) groups excluding carboxylic acids is 1. The highest BCUT2D eigenvalue weighted by atomic mass is 16.4. The number of hydrogen-bond donors (Lipinski definition) is 1. The number of aliphatic carboxylic acids is 1. The molecule has 1 aliphatic heterocycles. The second-order valence-electron chi connectivity index (χ2n) is 7.59. The minimum absolute atomic E-state index is 0.0774. The Kier molecular flexibility index (Phi) is 4.49. The first-order valence-electron chi connectivity index (χ1n) is 8.04. The Hall–Kier alpha value is -1.26. The summed E-state index contributed by atoms with van der Waals surface area (Å²) in [7, 11) is 0. The number of piperidine rings is 1. The zero-order valence-corrected chi connectivity index (χ0v) is 13.6. The average molecular weight is 296 g/mol. The van der Waals surface area contributed by atoms with Gasteiger partial charge < -0.3 is 14.9 Å². The van der Waals surface area contributed by atoms with E-state index in [1.165, 1.54) is 0 Å². The summed E-state index contributed by atoms with van der Waals surface area (Å²) < 4.78 is 0. The Balaban J connectivity index is 2.20. The fourth-order valence-electron chi connectivity index (χ4n) is 3.39. The van der Waals surface area contributed by atoms with Gasteiger partial charge in [-0.1, -0.05) is 27.7 Å². The SMILES string of the molecule is CC(C)CN(C(=O)N1CCCC(C)(C)C1C(=O)O)C1CC1. The molecule has 120 valence electrons. The number of carboxylic acids is 1. The number of rotatable bonds is 4. The van der Waals surface area contributed by atoms with Gasteiger partial charge in [0.2, 0.25) is 0 Å². The van der Waals surface area contributed by atoms with Crippen molar-refractivity contribution in [3.63, 3.8) is 0 Å². The van der Waals surface area contributed by atoms with Crippen molar-refractivity contribution in [1.82, 2.24) is 9.80 Å². The molecule has 1 saturated heterocycles. The van der Waals surface area contributed by atoms with Gasteiger partial charge in [0.15, 0.2) is 0 Å². The molecule has 5 heteroatoms. The van der Waals surface area contributed by atoms with Gasteiger partial charge in [-0.05, 0) is 37.0 Å². The number of amides is 2. The molecule has 1 unspecified atom stereocenters. The number of likely N-dealkylation sites (tertiary alicyclic amines) is 1. The molecule has 2 fully saturated rings. The quantitative estimate of drug-likeness (QED) is 0.867. The maximum absolute atomic E-state index is 12.9. The lowest BCUT2D eigenvalue weighted by Crippen LogP contribution is -2.60. The van der Waals surface area contributed by atoms with E-state index < -0.39 is 12.0 Å². The molecule has 21 heavy (non-hydrogen) atoms. The Labute approximate surface area is 127 Å². The largest absolute Gasteiger partial charge is 0.480 e. The predicted molar refractivity (Wildman–Crippen MR) is 81.1 cm³/mol. The van der Waals surface area contributed by atoms with Crippen LogP contribution in [0.25, 0.3) is 0 Å². The van der Waals surface area contributed by atoms with E-state index in [2.05, 4.69) is 13.8 Å². The molecule has 5 nitrogen and oxygen atoms in total. The molecule has 2 rings (SSSR count). The van der Waals surface area contributed by atoms with Crippen LogP contribution in [0.4, 0.5) is 4.79 Å². The fraction of sp³-hybridized carbons (Fsp3) is 0.875. The first-order chi connectivity index (χ1) is 9.74. The molecule has 0 bridgehead atoms. The van der Waals surface area contributed by atoms with E-state index in [9.17, 15) is 14.7 Å². The van der Waals surface area contributed by atoms with Gasteiger partial charge in [-0.2, -0.15) is 0 Å². The lowest BCUT2D eigenvalue weighted by Gasteiger charge is -2.45. The lowest BCUT2D eigenvalue weighted by atomic mass is 9.76. The van der Waals surface area contributed by atoms with Crippen LogP contribution in [0.2, 0.25) is 0 Å². The smallest absolute Gasteiger partial charge is 0.327 e. The Morgan fingerprint density at radius 1 is 1.33 bits per heavy atom. The number of urea groups is 1. The van der Waals surface area contributed by atoms with Gasteiger partial charge in [-0.15, -0.1) is 0 Å². The van der Waals surface area contributed by atoms with Crippen molar-refractivity contribution in [3.8, 4) is 0 Å². The van der Waals surface area contributed by atoms with Crippen LogP contribution in [0, 0.1) is 11.3 Å². The molecule has 0 spiro atoms. The third-order valence-corrected chi connectivity index (χ3v) is 4.55. The summed E-state index contributed by atoms with van der Waals surface area (Å²) in [5, 5.41) is 9.60. The zero-order chi connectivity index (χ0) is 15.8. The van der Waals surface area contributed by atoms with Crippen molar-refractivity contribution in [1.29, 1.82) is 0 Å². The van der Waals surface area contributed by atoms with Crippen LogP contribution in [0.3, 0.4) is 0 Å². The summed E-state index contributed by atoms with van der Waals surface area (Å²) in [4.78, 5) is 28.1. The molecule has 2 amide bonds. The second-order valence-corrected chi connectivity index (χ2v) is 7.59. The summed E-state index contributed by atoms with van der Waals surface area (Å²) in [6.45, 7) is 9.37. The Morgan fingerprint density at radius 3 is 2.43 bits per heavy atom. The first kappa shape index (κ1) is 16.1. The van der Waals surface area contributed by atoms with Crippen LogP contribution in [0.5, 0.6) is 0 Å². The molecule has 0 aromatic carbocycles. The fourth-order valence-corrected chi connectivity index (χ4v) is 3.39. The van der Waals surface area contributed by atoms with E-state index >= 15 is 0 Å². The minimum Gasteiger partial charge on any atom is -0.480 e. The summed E-state index contributed by atoms with van der Waals surface area (Å²) >= 11 is 0. The predicted octanol–water partition coefficient (Wildman–Crippen LogP) is 2.80. The zero-order valence-electron chi connectivity index (χ0n) is 13.6. The number of carboxylic acid groups (broad SMARTS) is 1. The summed E-state index contributed by atoms with van der Waals surface area (Å²) in [6.07, 6.45) is 3.82. The maximum Gasteiger partial charge on any atom is 0.327 e. The first-order valence-corrected chi connectivity index (χ1v) is 8.04. The van der Waals surface area contributed by atoms with E-state index in [-0.39, 0.29) is 11.4 Å². The van der Waals surface area contributed by atoms with Gasteiger partial charge in [0.25, 0.3) is 0 Å². The molecule has 0 radical (unpaired) electrons. The van der Waals surface area contributed by atoms with E-state index in [1.807, 2.05) is 18.7 Å². The van der Waals surface area contributed by atoms with Crippen molar-refractivity contribution in [2.45, 2.75) is 65.5 Å². The van der Waals surface area contributed by atoms with Crippen LogP contribution in [0.1, 0.15) is 53.4 Å². The van der Waals surface area contributed by atoms with Crippen LogP contribution >= 0.6 is 0 Å². The van der Waals surface area contributed by atoms with Crippen molar-refractivity contribution < 1.29 is 14.7 Å². The van der Waals surface area contributed by atoms with Gasteiger partial charge in [-0.25, -0.2) is 9.59 Å². The normalized spacial score (nSPS) is 25.0. The number of nitrogens with zero attached hydrogens (tertiary/aromatic N) is 2. The van der Waals surface area contributed by atoms with Gasteiger partial charge in [0, 0.05) is 19.1 Å². The molecule has 2 aliphatic rings. The molecule has 0 aromatic rings. The second kappa shape index (κ2) is 5.85. The Bertz CT molecular complexity index is 416. The molecular weight excluding hydrogens is 268 g/mol. The molecule has 1 N–H and O–H groups in total. The van der Waals surface area contributed by atoms with Gasteiger partial charge in [0.1, 0.15) is 6.04 Å². The highest BCUT2D eigenvalue weighted by Gasteiger charge is 2.47. The summed E-state index contributed by atoms with van der Waals surface area (Å²) in [6, 6.07) is -0.474.